The van der Waals surface area contributed by atoms with E-state index in [1.54, 1.807) is 18.2 Å². The smallest absolute Gasteiger partial charge is 0.0813 e. The van der Waals surface area contributed by atoms with Crippen LogP contribution in [0.5, 0.6) is 0 Å². The molecule has 0 saturated heterocycles. The lowest BCUT2D eigenvalue weighted by molar-refractivity contribution is 0.297. The zero-order chi connectivity index (χ0) is 27.5. The molecule has 0 atom stereocenters. The minimum Gasteiger partial charge on any atom is -0.304 e. The SMILES string of the molecule is CCCCCC1CCC(c2ccc(-c3ccc(C4CCC(CCCN(C)SOC)CC4)cc3)c(CC)c2)CC1. The van der Waals surface area contributed by atoms with Crippen LogP contribution in [0.3, 0.4) is 0 Å². The lowest BCUT2D eigenvalue weighted by atomic mass is 9.76. The summed E-state index contributed by atoms with van der Waals surface area (Å²) in [5, 5.41) is 0. The normalized spacial score (nSPS) is 23.8. The fourth-order valence-electron chi connectivity index (χ4n) is 7.40. The van der Waals surface area contributed by atoms with E-state index in [0.29, 0.717) is 0 Å². The van der Waals surface area contributed by atoms with Gasteiger partial charge in [-0.25, -0.2) is 4.31 Å². The number of nitrogens with zero attached hydrogens (tertiary/aromatic N) is 1. The first-order valence-corrected chi connectivity index (χ1v) is 17.0. The average molecular weight is 550 g/mol. The molecule has 0 unspecified atom stereocenters. The Kier molecular flexibility index (Phi) is 12.8. The maximum absolute atomic E-state index is 5.15. The van der Waals surface area contributed by atoms with E-state index in [9.17, 15) is 0 Å². The Bertz CT molecular complexity index is 957. The Balaban J connectivity index is 1.28. The highest BCUT2D eigenvalue weighted by Gasteiger charge is 2.24. The molecule has 2 saturated carbocycles. The van der Waals surface area contributed by atoms with Gasteiger partial charge in [0.05, 0.1) is 19.3 Å². The molecule has 2 nitrogen and oxygen atoms in total. The van der Waals surface area contributed by atoms with Crippen molar-refractivity contribution >= 4 is 12.2 Å². The monoisotopic (exact) mass is 549 g/mol. The second-order valence-corrected chi connectivity index (χ2v) is 13.7. The van der Waals surface area contributed by atoms with Crippen LogP contribution in [0.4, 0.5) is 0 Å². The third kappa shape index (κ3) is 9.10. The van der Waals surface area contributed by atoms with Gasteiger partial charge in [-0.15, -0.1) is 0 Å². The standard InChI is InChI=1S/C36H55NOS/c1-5-7-8-10-28-14-18-33(19-15-28)35-24-25-36(30(6-2)27-35)34-22-20-32(21-23-34)31-16-12-29(13-17-31)11-9-26-37(3)39-38-4/h20-25,27-29,31,33H,5-19,26H2,1-4H3. The topological polar surface area (TPSA) is 12.5 Å². The van der Waals surface area contributed by atoms with Gasteiger partial charge in [0.15, 0.2) is 0 Å². The number of rotatable bonds is 14. The molecule has 2 aliphatic carbocycles. The van der Waals surface area contributed by atoms with E-state index >= 15 is 0 Å². The molecule has 0 radical (unpaired) electrons. The summed E-state index contributed by atoms with van der Waals surface area (Å²) < 4.78 is 7.35. The molecule has 0 N–H and O–H groups in total. The summed E-state index contributed by atoms with van der Waals surface area (Å²) in [6.07, 6.45) is 20.5. The molecule has 2 aromatic rings. The van der Waals surface area contributed by atoms with E-state index in [0.717, 1.165) is 36.6 Å². The number of benzene rings is 2. The molecule has 4 rings (SSSR count). The predicted molar refractivity (Wildman–Crippen MR) is 171 cm³/mol. The van der Waals surface area contributed by atoms with Crippen molar-refractivity contribution in [3.63, 3.8) is 0 Å². The van der Waals surface area contributed by atoms with Gasteiger partial charge in [-0.1, -0.05) is 82.0 Å². The molecule has 216 valence electrons. The van der Waals surface area contributed by atoms with E-state index in [1.165, 1.54) is 119 Å². The van der Waals surface area contributed by atoms with Crippen molar-refractivity contribution in [2.24, 2.45) is 11.8 Å². The quantitative estimate of drug-likeness (QED) is 0.132. The van der Waals surface area contributed by atoms with Crippen LogP contribution in [-0.4, -0.2) is 25.0 Å². The van der Waals surface area contributed by atoms with Crippen molar-refractivity contribution in [2.75, 3.05) is 20.7 Å². The van der Waals surface area contributed by atoms with Crippen LogP contribution in [-0.2, 0) is 10.6 Å². The summed E-state index contributed by atoms with van der Waals surface area (Å²) in [5.41, 5.74) is 7.52. The Labute approximate surface area is 245 Å². The molecule has 3 heteroatoms. The van der Waals surface area contributed by atoms with Gasteiger partial charge in [0, 0.05) is 6.54 Å². The maximum Gasteiger partial charge on any atom is 0.0813 e. The molecule has 2 aliphatic rings. The lowest BCUT2D eigenvalue weighted by Crippen LogP contribution is -2.16. The molecule has 39 heavy (non-hydrogen) atoms. The molecule has 0 aromatic heterocycles. The van der Waals surface area contributed by atoms with Crippen molar-refractivity contribution in [3.8, 4) is 11.1 Å². The van der Waals surface area contributed by atoms with Gasteiger partial charge in [-0.05, 0) is 129 Å². The highest BCUT2D eigenvalue weighted by Crippen LogP contribution is 2.40. The first-order chi connectivity index (χ1) is 19.1. The first-order valence-electron chi connectivity index (χ1n) is 16.3. The Hall–Kier alpha value is -1.29. The van der Waals surface area contributed by atoms with Crippen LogP contribution in [0.1, 0.15) is 132 Å². The van der Waals surface area contributed by atoms with Crippen LogP contribution in [0, 0.1) is 11.8 Å². The van der Waals surface area contributed by atoms with Crippen molar-refractivity contribution in [2.45, 2.75) is 122 Å². The zero-order valence-electron chi connectivity index (χ0n) is 25.4. The van der Waals surface area contributed by atoms with E-state index in [-0.39, 0.29) is 0 Å². The Morgan fingerprint density at radius 2 is 1.33 bits per heavy atom. The molecule has 2 aromatic carbocycles. The third-order valence-corrected chi connectivity index (χ3v) is 10.5. The van der Waals surface area contributed by atoms with Crippen LogP contribution in [0.25, 0.3) is 11.1 Å². The van der Waals surface area contributed by atoms with Gasteiger partial charge in [0.25, 0.3) is 0 Å². The van der Waals surface area contributed by atoms with Crippen molar-refractivity contribution in [1.82, 2.24) is 4.31 Å². The molecule has 0 spiro atoms. The van der Waals surface area contributed by atoms with Gasteiger partial charge in [0.2, 0.25) is 0 Å². The molecule has 0 heterocycles. The van der Waals surface area contributed by atoms with Gasteiger partial charge < -0.3 is 4.18 Å². The maximum atomic E-state index is 5.15. The number of unbranched alkanes of at least 4 members (excludes halogenated alkanes) is 2. The summed E-state index contributed by atoms with van der Waals surface area (Å²) >= 11 is 1.46. The summed E-state index contributed by atoms with van der Waals surface area (Å²) in [5.74, 6) is 3.41. The van der Waals surface area contributed by atoms with E-state index < -0.39 is 0 Å². The average Bonchev–Trinajstić information content (AvgIpc) is 2.98. The van der Waals surface area contributed by atoms with E-state index in [1.807, 2.05) is 0 Å². The summed E-state index contributed by atoms with van der Waals surface area (Å²) in [6.45, 7) is 5.76. The van der Waals surface area contributed by atoms with Crippen molar-refractivity contribution < 1.29 is 4.18 Å². The van der Waals surface area contributed by atoms with Crippen LogP contribution in [0.15, 0.2) is 42.5 Å². The molecule has 2 fully saturated rings. The molecule has 0 amide bonds. The molecular formula is C36H55NOS. The second kappa shape index (κ2) is 16.2. The largest absolute Gasteiger partial charge is 0.304 e. The van der Waals surface area contributed by atoms with Crippen LogP contribution in [0.2, 0.25) is 0 Å². The minimum absolute atomic E-state index is 0.743. The Morgan fingerprint density at radius 1 is 0.744 bits per heavy atom. The van der Waals surface area contributed by atoms with Gasteiger partial charge in [0.1, 0.15) is 0 Å². The fourth-order valence-corrected chi connectivity index (χ4v) is 7.85. The molecule has 0 aliphatic heterocycles. The fraction of sp³-hybridized carbons (Fsp3) is 0.667. The minimum atomic E-state index is 0.743. The number of aryl methyl sites for hydroxylation is 1. The van der Waals surface area contributed by atoms with Crippen molar-refractivity contribution in [3.05, 3.63) is 59.2 Å². The highest BCUT2D eigenvalue weighted by atomic mass is 32.2. The Morgan fingerprint density at radius 3 is 1.92 bits per heavy atom. The molecule has 0 bridgehead atoms. The van der Waals surface area contributed by atoms with Gasteiger partial charge in [-0.3, -0.25) is 0 Å². The second-order valence-electron chi connectivity index (χ2n) is 12.6. The highest BCUT2D eigenvalue weighted by molar-refractivity contribution is 7.92. The summed E-state index contributed by atoms with van der Waals surface area (Å²) in [7, 11) is 3.86. The lowest BCUT2D eigenvalue weighted by Gasteiger charge is -2.29. The van der Waals surface area contributed by atoms with E-state index in [4.69, 9.17) is 4.18 Å². The van der Waals surface area contributed by atoms with Crippen molar-refractivity contribution in [1.29, 1.82) is 0 Å². The van der Waals surface area contributed by atoms with Crippen LogP contribution < -0.4 is 0 Å². The third-order valence-electron chi connectivity index (χ3n) is 9.87. The van der Waals surface area contributed by atoms with Gasteiger partial charge in [-0.2, -0.15) is 0 Å². The predicted octanol–water partition coefficient (Wildman–Crippen LogP) is 11.0. The van der Waals surface area contributed by atoms with Crippen LogP contribution >= 0.6 is 12.2 Å². The van der Waals surface area contributed by atoms with Gasteiger partial charge >= 0.3 is 0 Å². The first kappa shape index (κ1) is 30.7. The summed E-state index contributed by atoms with van der Waals surface area (Å²) in [4.78, 5) is 0. The number of hydrogen-bond acceptors (Lipinski definition) is 3. The molecular weight excluding hydrogens is 494 g/mol. The van der Waals surface area contributed by atoms with E-state index in [2.05, 4.69) is 67.7 Å². The number of hydrogen-bond donors (Lipinski definition) is 0. The summed E-state index contributed by atoms with van der Waals surface area (Å²) in [6, 6.07) is 17.1. The zero-order valence-corrected chi connectivity index (χ0v) is 26.2.